The van der Waals surface area contributed by atoms with Crippen LogP contribution in [0, 0.1) is 5.82 Å². The number of piperazine rings is 1. The zero-order valence-corrected chi connectivity index (χ0v) is 15.0. The predicted molar refractivity (Wildman–Crippen MR) is 94.2 cm³/mol. The maximum absolute atomic E-state index is 12.9. The molecule has 0 bridgehead atoms. The number of benzene rings is 1. The molecule has 0 N–H and O–H groups in total. The second-order valence-electron chi connectivity index (χ2n) is 5.91. The van der Waals surface area contributed by atoms with Crippen molar-refractivity contribution in [2.24, 2.45) is 0 Å². The van der Waals surface area contributed by atoms with Gasteiger partial charge in [0.05, 0.1) is 0 Å². The summed E-state index contributed by atoms with van der Waals surface area (Å²) in [4.78, 5) is 2.30. The van der Waals surface area contributed by atoms with Gasteiger partial charge in [-0.25, -0.2) is 12.8 Å². The molecule has 0 aliphatic carbocycles. The number of rotatable bonds is 6. The maximum Gasteiger partial charge on any atom is 0.252 e. The first kappa shape index (κ1) is 17.5. The number of thiophene rings is 1. The molecular formula is C17H21FN2O2S2. The molecule has 3 rings (SSSR count). The lowest BCUT2D eigenvalue weighted by Crippen LogP contribution is -2.48. The monoisotopic (exact) mass is 368 g/mol. The summed E-state index contributed by atoms with van der Waals surface area (Å²) in [6.07, 6.45) is 1.90. The molecule has 1 saturated heterocycles. The van der Waals surface area contributed by atoms with E-state index in [1.54, 1.807) is 21.8 Å². The third-order valence-electron chi connectivity index (χ3n) is 4.27. The summed E-state index contributed by atoms with van der Waals surface area (Å²) in [5.41, 5.74) is 1.13. The van der Waals surface area contributed by atoms with Crippen LogP contribution < -0.4 is 0 Å². The summed E-state index contributed by atoms with van der Waals surface area (Å²) in [5.74, 6) is -0.207. The number of halogens is 1. The fourth-order valence-corrected chi connectivity index (χ4v) is 5.46. The minimum Gasteiger partial charge on any atom is -0.301 e. The fourth-order valence-electron chi connectivity index (χ4n) is 2.89. The molecule has 24 heavy (non-hydrogen) atoms. The average Bonchev–Trinajstić information content (AvgIpc) is 3.13. The van der Waals surface area contributed by atoms with E-state index in [1.807, 2.05) is 12.1 Å². The van der Waals surface area contributed by atoms with Crippen molar-refractivity contribution in [3.8, 4) is 0 Å². The SMILES string of the molecule is O=S(=O)(c1cccs1)N1CCN(CCCc2ccc(F)cc2)CC1. The molecule has 130 valence electrons. The molecule has 0 spiro atoms. The van der Waals surface area contributed by atoms with Crippen molar-refractivity contribution in [2.45, 2.75) is 17.1 Å². The molecule has 2 aromatic rings. The summed E-state index contributed by atoms with van der Waals surface area (Å²) in [6, 6.07) is 10.0. The highest BCUT2D eigenvalue weighted by molar-refractivity contribution is 7.91. The molecule has 0 amide bonds. The van der Waals surface area contributed by atoms with Crippen LogP contribution in [0.2, 0.25) is 0 Å². The van der Waals surface area contributed by atoms with Crippen molar-refractivity contribution in [3.63, 3.8) is 0 Å². The Morgan fingerprint density at radius 2 is 1.75 bits per heavy atom. The van der Waals surface area contributed by atoms with E-state index in [9.17, 15) is 12.8 Å². The van der Waals surface area contributed by atoms with E-state index >= 15 is 0 Å². The molecule has 2 heterocycles. The Morgan fingerprint density at radius 3 is 2.38 bits per heavy atom. The molecule has 0 saturated carbocycles. The number of aryl methyl sites for hydroxylation is 1. The molecule has 4 nitrogen and oxygen atoms in total. The lowest BCUT2D eigenvalue weighted by Gasteiger charge is -2.33. The van der Waals surface area contributed by atoms with Crippen molar-refractivity contribution in [2.75, 3.05) is 32.7 Å². The van der Waals surface area contributed by atoms with Gasteiger partial charge in [0.2, 0.25) is 0 Å². The zero-order chi connectivity index (χ0) is 17.0. The van der Waals surface area contributed by atoms with E-state index in [0.717, 1.165) is 38.0 Å². The molecular weight excluding hydrogens is 347 g/mol. The Morgan fingerprint density at radius 1 is 1.04 bits per heavy atom. The largest absolute Gasteiger partial charge is 0.301 e. The Kier molecular flexibility index (Phi) is 5.65. The minimum absolute atomic E-state index is 0.207. The topological polar surface area (TPSA) is 40.6 Å². The summed E-state index contributed by atoms with van der Waals surface area (Å²) >= 11 is 1.27. The normalized spacial score (nSPS) is 17.2. The van der Waals surface area contributed by atoms with Crippen molar-refractivity contribution < 1.29 is 12.8 Å². The van der Waals surface area contributed by atoms with E-state index in [-0.39, 0.29) is 5.82 Å². The second-order valence-corrected chi connectivity index (χ2v) is 9.02. The van der Waals surface area contributed by atoms with Gasteiger partial charge in [0.25, 0.3) is 10.0 Å². The number of hydrogen-bond donors (Lipinski definition) is 0. The lowest BCUT2D eigenvalue weighted by atomic mass is 10.1. The van der Waals surface area contributed by atoms with Gasteiger partial charge in [-0.2, -0.15) is 4.31 Å². The van der Waals surface area contributed by atoms with Gasteiger partial charge in [-0.1, -0.05) is 18.2 Å². The van der Waals surface area contributed by atoms with Crippen molar-refractivity contribution in [1.82, 2.24) is 9.21 Å². The van der Waals surface area contributed by atoms with Gasteiger partial charge in [-0.05, 0) is 48.5 Å². The highest BCUT2D eigenvalue weighted by Crippen LogP contribution is 2.22. The Labute approximate surface area is 146 Å². The van der Waals surface area contributed by atoms with Gasteiger partial charge in [-0.3, -0.25) is 0 Å². The van der Waals surface area contributed by atoms with Crippen molar-refractivity contribution in [3.05, 3.63) is 53.2 Å². The van der Waals surface area contributed by atoms with Gasteiger partial charge in [0, 0.05) is 26.2 Å². The first-order valence-corrected chi connectivity index (χ1v) is 10.4. The number of hydrogen-bond acceptors (Lipinski definition) is 4. The molecule has 1 aromatic carbocycles. The maximum atomic E-state index is 12.9. The molecule has 1 aromatic heterocycles. The average molecular weight is 368 g/mol. The number of nitrogens with zero attached hydrogens (tertiary/aromatic N) is 2. The van der Waals surface area contributed by atoms with Crippen LogP contribution >= 0.6 is 11.3 Å². The van der Waals surface area contributed by atoms with Crippen LogP contribution in [0.15, 0.2) is 46.0 Å². The minimum atomic E-state index is -3.32. The highest BCUT2D eigenvalue weighted by atomic mass is 32.2. The van der Waals surface area contributed by atoms with Crippen LogP contribution in [0.3, 0.4) is 0 Å². The summed E-state index contributed by atoms with van der Waals surface area (Å²) in [7, 11) is -3.32. The molecule has 0 atom stereocenters. The van der Waals surface area contributed by atoms with Crippen LogP contribution in [0.4, 0.5) is 4.39 Å². The Hall–Kier alpha value is -1.28. The molecule has 1 aliphatic rings. The summed E-state index contributed by atoms with van der Waals surface area (Å²) in [5, 5.41) is 1.79. The molecule has 1 fully saturated rings. The van der Waals surface area contributed by atoms with Gasteiger partial charge < -0.3 is 4.90 Å². The molecule has 0 radical (unpaired) electrons. The van der Waals surface area contributed by atoms with Crippen LogP contribution in [0.5, 0.6) is 0 Å². The van der Waals surface area contributed by atoms with Crippen LogP contribution in [0.1, 0.15) is 12.0 Å². The van der Waals surface area contributed by atoms with Crippen LogP contribution in [0.25, 0.3) is 0 Å². The van der Waals surface area contributed by atoms with E-state index < -0.39 is 10.0 Å². The van der Waals surface area contributed by atoms with Gasteiger partial charge in [0.15, 0.2) is 0 Å². The Bertz CT molecular complexity index is 737. The predicted octanol–water partition coefficient (Wildman–Crippen LogP) is 2.83. The highest BCUT2D eigenvalue weighted by Gasteiger charge is 2.28. The van der Waals surface area contributed by atoms with E-state index in [1.165, 1.54) is 23.5 Å². The molecule has 7 heteroatoms. The standard InChI is InChI=1S/C17H21FN2O2S2/c18-16-7-5-15(6-8-16)3-1-9-19-10-12-20(13-11-19)24(21,22)17-4-2-14-23-17/h2,4-8,14H,1,3,9-13H2. The number of sulfonamides is 1. The third-order valence-corrected chi connectivity index (χ3v) is 7.55. The quantitative estimate of drug-likeness (QED) is 0.787. The van der Waals surface area contributed by atoms with Crippen LogP contribution in [-0.4, -0.2) is 50.3 Å². The molecule has 1 aliphatic heterocycles. The summed E-state index contributed by atoms with van der Waals surface area (Å²) < 4.78 is 39.8. The Balaban J connectivity index is 1.45. The van der Waals surface area contributed by atoms with E-state index in [2.05, 4.69) is 4.90 Å². The van der Waals surface area contributed by atoms with E-state index in [0.29, 0.717) is 17.3 Å². The second kappa shape index (κ2) is 7.74. The fraction of sp³-hybridized carbons (Fsp3) is 0.412. The van der Waals surface area contributed by atoms with Gasteiger partial charge >= 0.3 is 0 Å². The smallest absolute Gasteiger partial charge is 0.252 e. The van der Waals surface area contributed by atoms with Crippen LogP contribution in [-0.2, 0) is 16.4 Å². The van der Waals surface area contributed by atoms with E-state index in [4.69, 9.17) is 0 Å². The molecule has 0 unspecified atom stereocenters. The van der Waals surface area contributed by atoms with Crippen molar-refractivity contribution >= 4 is 21.4 Å². The van der Waals surface area contributed by atoms with Crippen molar-refractivity contribution in [1.29, 1.82) is 0 Å². The van der Waals surface area contributed by atoms with Gasteiger partial charge in [0.1, 0.15) is 10.0 Å². The first-order valence-electron chi connectivity index (χ1n) is 8.06. The summed E-state index contributed by atoms with van der Waals surface area (Å²) in [6.45, 7) is 3.53. The first-order chi connectivity index (χ1) is 11.6. The third kappa shape index (κ3) is 4.22. The van der Waals surface area contributed by atoms with Gasteiger partial charge in [-0.15, -0.1) is 11.3 Å². The lowest BCUT2D eigenvalue weighted by molar-refractivity contribution is 0.187. The zero-order valence-electron chi connectivity index (χ0n) is 13.4.